The zero-order valence-corrected chi connectivity index (χ0v) is 24.8. The molecule has 4 aliphatic rings. The maximum absolute atomic E-state index is 14.2. The molecule has 2 aromatic rings. The summed E-state index contributed by atoms with van der Waals surface area (Å²) in [5.41, 5.74) is 1.19. The molecule has 3 fully saturated rings. The molecule has 4 heterocycles. The van der Waals surface area contributed by atoms with E-state index in [-0.39, 0.29) is 43.0 Å². The van der Waals surface area contributed by atoms with E-state index in [0.29, 0.717) is 29.9 Å². The molecule has 41 heavy (non-hydrogen) atoms. The molecule has 1 amide bonds. The van der Waals surface area contributed by atoms with Crippen molar-refractivity contribution in [3.05, 3.63) is 24.2 Å². The molecule has 0 radical (unpaired) electrons. The monoisotopic (exact) mass is 564 g/mol. The van der Waals surface area contributed by atoms with Crippen LogP contribution >= 0.6 is 0 Å². The lowest BCUT2D eigenvalue weighted by atomic mass is 9.77. The summed E-state index contributed by atoms with van der Waals surface area (Å²) in [6.07, 6.45) is 12.0. The molecule has 0 spiro atoms. The number of aromatic nitrogens is 3. The molecule has 9 heteroatoms. The Kier molecular flexibility index (Phi) is 7.57. The van der Waals surface area contributed by atoms with Gasteiger partial charge >= 0.3 is 5.97 Å². The van der Waals surface area contributed by atoms with E-state index in [4.69, 9.17) is 14.5 Å². The van der Waals surface area contributed by atoms with Gasteiger partial charge in [-0.3, -0.25) is 9.59 Å². The minimum Gasteiger partial charge on any atom is -0.485 e. The first-order chi connectivity index (χ1) is 19.7. The minimum absolute atomic E-state index is 0.0231. The van der Waals surface area contributed by atoms with Crippen LogP contribution in [0.25, 0.3) is 5.65 Å². The summed E-state index contributed by atoms with van der Waals surface area (Å²) in [5, 5.41) is 4.36. The fraction of sp³-hybridized carbons (Fsp3) is 0.719. The van der Waals surface area contributed by atoms with Crippen LogP contribution in [0.3, 0.4) is 0 Å². The number of aldehydes is 1. The average Bonchev–Trinajstić information content (AvgIpc) is 3.23. The molecule has 6 rings (SSSR count). The lowest BCUT2D eigenvalue weighted by Gasteiger charge is -2.34. The first-order valence-corrected chi connectivity index (χ1v) is 15.6. The number of fused-ring (bicyclic) bond motifs is 7. The maximum Gasteiger partial charge on any atom is 0.306 e. The van der Waals surface area contributed by atoms with Gasteiger partial charge in [-0.1, -0.05) is 40.5 Å². The molecule has 9 nitrogen and oxygen atoms in total. The van der Waals surface area contributed by atoms with Gasteiger partial charge in [-0.15, -0.1) is 0 Å². The zero-order valence-electron chi connectivity index (χ0n) is 24.8. The van der Waals surface area contributed by atoms with Gasteiger partial charge in [-0.2, -0.15) is 5.10 Å². The molecule has 8 atom stereocenters. The number of hydrogen-bond donors (Lipinski definition) is 0. The molecule has 2 unspecified atom stereocenters. The zero-order chi connectivity index (χ0) is 28.9. The molecule has 222 valence electrons. The first-order valence-electron chi connectivity index (χ1n) is 15.6. The van der Waals surface area contributed by atoms with Gasteiger partial charge < -0.3 is 19.2 Å². The number of ether oxygens (including phenoxy) is 2. The number of rotatable bonds is 2. The van der Waals surface area contributed by atoms with E-state index >= 15 is 0 Å². The molecule has 1 saturated heterocycles. The van der Waals surface area contributed by atoms with Crippen LogP contribution in [0.4, 0.5) is 0 Å². The molecule has 0 N–H and O–H groups in total. The van der Waals surface area contributed by atoms with Crippen molar-refractivity contribution in [3.8, 4) is 5.75 Å². The summed E-state index contributed by atoms with van der Waals surface area (Å²) in [7, 11) is 0. The number of carbonyl (C=O) groups excluding carboxylic acids is 3. The fourth-order valence-electron chi connectivity index (χ4n) is 7.80. The number of carbonyl (C=O) groups is 3. The lowest BCUT2D eigenvalue weighted by Crippen LogP contribution is -2.46. The van der Waals surface area contributed by atoms with Crippen molar-refractivity contribution in [2.45, 2.75) is 104 Å². The Morgan fingerprint density at radius 3 is 2.66 bits per heavy atom. The second kappa shape index (κ2) is 11.0. The third-order valence-corrected chi connectivity index (χ3v) is 10.2. The van der Waals surface area contributed by atoms with Gasteiger partial charge in [-0.05, 0) is 61.7 Å². The Labute approximate surface area is 242 Å². The molecule has 2 saturated carbocycles. The highest BCUT2D eigenvalue weighted by Crippen LogP contribution is 2.58. The van der Waals surface area contributed by atoms with Crippen LogP contribution in [0, 0.1) is 35.0 Å². The molecule has 2 aliphatic heterocycles. The summed E-state index contributed by atoms with van der Waals surface area (Å²) >= 11 is 0. The van der Waals surface area contributed by atoms with Crippen LogP contribution in [-0.2, 0) is 25.5 Å². The Bertz CT molecular complexity index is 1300. The Morgan fingerprint density at radius 2 is 1.90 bits per heavy atom. The van der Waals surface area contributed by atoms with Crippen molar-refractivity contribution in [2.24, 2.45) is 35.0 Å². The molecule has 2 aromatic heterocycles. The Morgan fingerprint density at radius 1 is 1.07 bits per heavy atom. The molecule has 2 bridgehead atoms. The summed E-state index contributed by atoms with van der Waals surface area (Å²) < 4.78 is 14.5. The minimum atomic E-state index is -0.614. The number of esters is 1. The van der Waals surface area contributed by atoms with E-state index in [1.165, 1.54) is 6.42 Å². The molecule has 2 aliphatic carbocycles. The van der Waals surface area contributed by atoms with Crippen molar-refractivity contribution >= 4 is 23.8 Å². The third kappa shape index (κ3) is 5.48. The van der Waals surface area contributed by atoms with E-state index in [9.17, 15) is 14.4 Å². The number of aryl methyl sites for hydroxylation is 1. The number of nitrogens with zero attached hydrogens (tertiary/aromatic N) is 4. The predicted molar refractivity (Wildman–Crippen MR) is 152 cm³/mol. The lowest BCUT2D eigenvalue weighted by molar-refractivity contribution is -0.158. The fourth-order valence-corrected chi connectivity index (χ4v) is 7.80. The maximum atomic E-state index is 14.2. The van der Waals surface area contributed by atoms with Crippen LogP contribution in [0.2, 0.25) is 0 Å². The quantitative estimate of drug-likeness (QED) is 0.386. The normalized spacial score (nSPS) is 34.6. The van der Waals surface area contributed by atoms with Gasteiger partial charge in [0.1, 0.15) is 18.5 Å². The first kappa shape index (κ1) is 28.2. The van der Waals surface area contributed by atoms with Gasteiger partial charge in [-0.25, -0.2) is 9.50 Å². The summed E-state index contributed by atoms with van der Waals surface area (Å²) in [6.45, 7) is 8.26. The Hall–Kier alpha value is -2.97. The van der Waals surface area contributed by atoms with Crippen LogP contribution in [0.1, 0.15) is 84.8 Å². The van der Waals surface area contributed by atoms with E-state index < -0.39 is 17.4 Å². The van der Waals surface area contributed by atoms with E-state index in [1.54, 1.807) is 15.6 Å². The largest absolute Gasteiger partial charge is 0.485 e. The van der Waals surface area contributed by atoms with Gasteiger partial charge in [0, 0.05) is 12.0 Å². The van der Waals surface area contributed by atoms with Crippen molar-refractivity contribution in [3.63, 3.8) is 0 Å². The standard InChI is InChI=1S/C32H44N4O5/c1-5-20-25(18-37)35-16-27(20)40-28-17-36-29(11-12-33-36)34-24(28)10-8-6-7-9-21-22-13-19(22)14-26(21)41-30(38)15-23(31(35)39)32(2,3)4/h11-12,17-23,25-27H,5-10,13-16H2,1-4H3/t19?,20-,21+,22?,23+,25+,26+,27-/m0/s1. The van der Waals surface area contributed by atoms with Gasteiger partial charge in [0.2, 0.25) is 5.91 Å². The second-order valence-corrected chi connectivity index (χ2v) is 13.8. The summed E-state index contributed by atoms with van der Waals surface area (Å²) in [5.74, 6) is 1.19. The molecular weight excluding hydrogens is 520 g/mol. The Balaban J connectivity index is 1.34. The van der Waals surface area contributed by atoms with Crippen molar-refractivity contribution in [1.82, 2.24) is 19.5 Å². The highest BCUT2D eigenvalue weighted by Gasteiger charge is 2.54. The van der Waals surface area contributed by atoms with Gasteiger partial charge in [0.25, 0.3) is 0 Å². The topological polar surface area (TPSA) is 103 Å². The number of amides is 1. The average molecular weight is 565 g/mol. The summed E-state index contributed by atoms with van der Waals surface area (Å²) in [6, 6.07) is 1.27. The second-order valence-electron chi connectivity index (χ2n) is 13.8. The van der Waals surface area contributed by atoms with Crippen LogP contribution < -0.4 is 4.74 Å². The third-order valence-electron chi connectivity index (χ3n) is 10.2. The van der Waals surface area contributed by atoms with Gasteiger partial charge in [0.15, 0.2) is 11.4 Å². The van der Waals surface area contributed by atoms with Crippen molar-refractivity contribution in [1.29, 1.82) is 0 Å². The molecule has 0 aromatic carbocycles. The number of hydrogen-bond acceptors (Lipinski definition) is 7. The van der Waals surface area contributed by atoms with Gasteiger partial charge in [0.05, 0.1) is 43.0 Å². The van der Waals surface area contributed by atoms with E-state index in [1.807, 2.05) is 40.0 Å². The van der Waals surface area contributed by atoms with E-state index in [2.05, 4.69) is 5.10 Å². The van der Waals surface area contributed by atoms with Crippen LogP contribution in [-0.4, -0.2) is 62.5 Å². The van der Waals surface area contributed by atoms with Crippen molar-refractivity contribution in [2.75, 3.05) is 6.54 Å². The van der Waals surface area contributed by atoms with E-state index in [0.717, 1.165) is 56.2 Å². The van der Waals surface area contributed by atoms with Crippen LogP contribution in [0.15, 0.2) is 18.5 Å². The smallest absolute Gasteiger partial charge is 0.306 e. The SMILES string of the molecule is CC[C@@H]1[C@@H]2CN(C(=O)[C@H](C(C)(C)C)CC(=O)O[C@@H]3CC4CC4[C@H]3CCCCCc3nc4ccnn4cc3O2)[C@@H]1C=O. The van der Waals surface area contributed by atoms with Crippen LogP contribution in [0.5, 0.6) is 5.75 Å². The summed E-state index contributed by atoms with van der Waals surface area (Å²) in [4.78, 5) is 46.5. The van der Waals surface area contributed by atoms with Crippen molar-refractivity contribution < 1.29 is 23.9 Å². The predicted octanol–water partition coefficient (Wildman–Crippen LogP) is 4.65. The highest BCUT2D eigenvalue weighted by atomic mass is 16.5. The molecular formula is C32H44N4O5. The highest BCUT2D eigenvalue weighted by molar-refractivity contribution is 5.87.